The molecule has 9 heteroatoms. The van der Waals surface area contributed by atoms with Gasteiger partial charge in [0, 0.05) is 7.11 Å². The molecule has 0 radical (unpaired) electrons. The van der Waals surface area contributed by atoms with Crippen molar-refractivity contribution in [2.24, 2.45) is 0 Å². The molecule has 0 aliphatic heterocycles. The number of nitrogens with zero attached hydrogens (tertiary/aromatic N) is 2. The smallest absolute Gasteiger partial charge is 0.248 e. The van der Waals surface area contributed by atoms with E-state index in [-0.39, 0.29) is 37.0 Å². The standard InChI is InChI=1S/C8H14N4O5/c1-14-3-16-6-5(9)7(12-8(10)11-6)17-4-15-2-13/h13H,2-4,9H2,1H3,(H2,10,11,12). The molecule has 1 rings (SSSR count). The molecule has 0 aliphatic rings. The van der Waals surface area contributed by atoms with Crippen LogP contribution in [0.5, 0.6) is 11.8 Å². The Bertz CT molecular complexity index is 362. The second-order valence-electron chi connectivity index (χ2n) is 2.75. The molecule has 1 heterocycles. The van der Waals surface area contributed by atoms with Crippen LogP contribution in [-0.2, 0) is 9.47 Å². The maximum atomic E-state index is 8.41. The molecule has 0 fully saturated rings. The van der Waals surface area contributed by atoms with Crippen molar-refractivity contribution in [2.45, 2.75) is 0 Å². The Labute approximate surface area is 97.3 Å². The summed E-state index contributed by atoms with van der Waals surface area (Å²) in [5.74, 6) is -0.000275. The van der Waals surface area contributed by atoms with Crippen molar-refractivity contribution in [3.8, 4) is 11.8 Å². The molecule has 0 aromatic carbocycles. The minimum absolute atomic E-state index is 0.0112. The topological polar surface area (TPSA) is 135 Å². The Morgan fingerprint density at radius 2 is 1.71 bits per heavy atom. The molecule has 96 valence electrons. The predicted octanol–water partition coefficient (Wildman–Crippen LogP) is -1.07. The molecule has 0 atom stereocenters. The van der Waals surface area contributed by atoms with Crippen molar-refractivity contribution >= 4 is 11.6 Å². The van der Waals surface area contributed by atoms with Gasteiger partial charge in [0.25, 0.3) is 0 Å². The van der Waals surface area contributed by atoms with Crippen LogP contribution in [0.2, 0.25) is 0 Å². The highest BCUT2D eigenvalue weighted by molar-refractivity contribution is 5.58. The first-order valence-electron chi connectivity index (χ1n) is 4.55. The zero-order chi connectivity index (χ0) is 12.7. The molecule has 0 unspecified atom stereocenters. The number of aromatic nitrogens is 2. The van der Waals surface area contributed by atoms with Crippen molar-refractivity contribution < 1.29 is 24.1 Å². The third-order valence-electron chi connectivity index (χ3n) is 1.58. The molecule has 1 aromatic rings. The van der Waals surface area contributed by atoms with Crippen LogP contribution < -0.4 is 20.9 Å². The Morgan fingerprint density at radius 3 is 2.24 bits per heavy atom. The highest BCUT2D eigenvalue weighted by Crippen LogP contribution is 2.28. The molecule has 1 aromatic heterocycles. The average Bonchev–Trinajstić information content (AvgIpc) is 2.31. The van der Waals surface area contributed by atoms with E-state index in [0.29, 0.717) is 0 Å². The molecular weight excluding hydrogens is 232 g/mol. The van der Waals surface area contributed by atoms with Gasteiger partial charge in [0.2, 0.25) is 17.7 Å². The van der Waals surface area contributed by atoms with Gasteiger partial charge in [-0.05, 0) is 0 Å². The van der Waals surface area contributed by atoms with Gasteiger partial charge in [0.05, 0.1) is 0 Å². The first kappa shape index (κ1) is 13.2. The Morgan fingerprint density at radius 1 is 1.12 bits per heavy atom. The summed E-state index contributed by atoms with van der Waals surface area (Å²) in [4.78, 5) is 7.52. The summed E-state index contributed by atoms with van der Waals surface area (Å²) in [6.45, 7) is -0.735. The van der Waals surface area contributed by atoms with Gasteiger partial charge >= 0.3 is 0 Å². The van der Waals surface area contributed by atoms with Crippen LogP contribution in [0, 0.1) is 0 Å². The van der Waals surface area contributed by atoms with Crippen LogP contribution in [0.15, 0.2) is 0 Å². The number of ether oxygens (including phenoxy) is 4. The minimum atomic E-state index is -0.479. The first-order valence-corrected chi connectivity index (χ1v) is 4.55. The van der Waals surface area contributed by atoms with Gasteiger partial charge in [-0.25, -0.2) is 0 Å². The van der Waals surface area contributed by atoms with Crippen LogP contribution in [0.3, 0.4) is 0 Å². The lowest BCUT2D eigenvalue weighted by atomic mass is 10.5. The molecule has 9 nitrogen and oxygen atoms in total. The van der Waals surface area contributed by atoms with Crippen molar-refractivity contribution in [1.29, 1.82) is 0 Å². The van der Waals surface area contributed by atoms with E-state index in [2.05, 4.69) is 14.7 Å². The molecule has 0 bridgehead atoms. The summed E-state index contributed by atoms with van der Waals surface area (Å²) in [6.07, 6.45) is 0. The second kappa shape index (κ2) is 6.68. The number of nitrogens with two attached hydrogens (primary N) is 2. The number of nitrogen functional groups attached to an aromatic ring is 2. The highest BCUT2D eigenvalue weighted by atomic mass is 16.7. The number of anilines is 2. The van der Waals surface area contributed by atoms with Crippen molar-refractivity contribution in [3.63, 3.8) is 0 Å². The zero-order valence-corrected chi connectivity index (χ0v) is 9.25. The Balaban J connectivity index is 2.77. The quantitative estimate of drug-likeness (QED) is 0.405. The SMILES string of the molecule is COCOc1nc(N)nc(OCOCO)c1N. The molecule has 0 aliphatic carbocycles. The van der Waals surface area contributed by atoms with E-state index in [0.717, 1.165) is 0 Å². The van der Waals surface area contributed by atoms with E-state index in [1.165, 1.54) is 7.11 Å². The van der Waals surface area contributed by atoms with Crippen LogP contribution in [0.4, 0.5) is 11.6 Å². The molecule has 17 heavy (non-hydrogen) atoms. The third-order valence-corrected chi connectivity index (χ3v) is 1.58. The van der Waals surface area contributed by atoms with Crippen LogP contribution >= 0.6 is 0 Å². The van der Waals surface area contributed by atoms with Gasteiger partial charge < -0.3 is 35.5 Å². The van der Waals surface area contributed by atoms with Crippen molar-refractivity contribution in [2.75, 3.05) is 39.0 Å². The highest BCUT2D eigenvalue weighted by Gasteiger charge is 2.13. The normalized spacial score (nSPS) is 10.2. The van der Waals surface area contributed by atoms with Gasteiger partial charge in [-0.2, -0.15) is 9.97 Å². The summed E-state index contributed by atoms with van der Waals surface area (Å²) >= 11 is 0. The molecule has 0 saturated carbocycles. The van der Waals surface area contributed by atoms with E-state index in [1.54, 1.807) is 0 Å². The summed E-state index contributed by atoms with van der Waals surface area (Å²) in [5, 5.41) is 8.41. The van der Waals surface area contributed by atoms with Gasteiger partial charge in [0.1, 0.15) is 6.79 Å². The van der Waals surface area contributed by atoms with Gasteiger partial charge in [-0.3, -0.25) is 0 Å². The molecule has 0 saturated heterocycles. The van der Waals surface area contributed by atoms with E-state index < -0.39 is 6.79 Å². The predicted molar refractivity (Wildman–Crippen MR) is 57.0 cm³/mol. The Hall–Kier alpha value is -1.84. The lowest BCUT2D eigenvalue weighted by Gasteiger charge is -2.11. The monoisotopic (exact) mass is 246 g/mol. The maximum absolute atomic E-state index is 8.41. The Kier molecular flexibility index (Phi) is 5.20. The largest absolute Gasteiger partial charge is 0.449 e. The number of hydrogen-bond donors (Lipinski definition) is 3. The summed E-state index contributed by atoms with van der Waals surface area (Å²) in [6, 6.07) is 0. The molecule has 0 amide bonds. The van der Waals surface area contributed by atoms with E-state index in [4.69, 9.17) is 30.8 Å². The van der Waals surface area contributed by atoms with Crippen LogP contribution in [-0.4, -0.2) is 42.6 Å². The fourth-order valence-electron chi connectivity index (χ4n) is 0.915. The summed E-state index contributed by atoms with van der Waals surface area (Å²) in [7, 11) is 1.45. The summed E-state index contributed by atoms with van der Waals surface area (Å²) in [5.41, 5.74) is 11.2. The van der Waals surface area contributed by atoms with Crippen LogP contribution in [0.25, 0.3) is 0 Å². The maximum Gasteiger partial charge on any atom is 0.248 e. The molecule has 0 spiro atoms. The fourth-order valence-corrected chi connectivity index (χ4v) is 0.915. The number of aliphatic hydroxyl groups excluding tert-OH is 1. The van der Waals surface area contributed by atoms with E-state index in [1.807, 2.05) is 0 Å². The first-order chi connectivity index (χ1) is 8.19. The van der Waals surface area contributed by atoms with Gasteiger partial charge in [-0.1, -0.05) is 0 Å². The third kappa shape index (κ3) is 3.90. The van der Waals surface area contributed by atoms with E-state index in [9.17, 15) is 0 Å². The molecular formula is C8H14N4O5. The van der Waals surface area contributed by atoms with Crippen molar-refractivity contribution in [3.05, 3.63) is 0 Å². The number of methoxy groups -OCH3 is 1. The van der Waals surface area contributed by atoms with Gasteiger partial charge in [-0.15, -0.1) is 0 Å². The second-order valence-corrected chi connectivity index (χ2v) is 2.75. The molecule has 5 N–H and O–H groups in total. The van der Waals surface area contributed by atoms with Crippen molar-refractivity contribution in [1.82, 2.24) is 9.97 Å². The lowest BCUT2D eigenvalue weighted by Crippen LogP contribution is -2.11. The lowest BCUT2D eigenvalue weighted by molar-refractivity contribution is -0.0665. The van der Waals surface area contributed by atoms with Crippen LogP contribution in [0.1, 0.15) is 0 Å². The average molecular weight is 246 g/mol. The number of rotatable bonds is 7. The van der Waals surface area contributed by atoms with E-state index >= 15 is 0 Å². The number of aliphatic hydroxyl groups is 1. The number of hydrogen-bond acceptors (Lipinski definition) is 9. The fraction of sp³-hybridized carbons (Fsp3) is 0.500. The minimum Gasteiger partial charge on any atom is -0.449 e. The van der Waals surface area contributed by atoms with Gasteiger partial charge in [0.15, 0.2) is 19.3 Å². The zero-order valence-electron chi connectivity index (χ0n) is 9.25. The summed E-state index contributed by atoms with van der Waals surface area (Å²) < 4.78 is 19.4.